The zero-order valence-electron chi connectivity index (χ0n) is 17.2. The summed E-state index contributed by atoms with van der Waals surface area (Å²) in [6.07, 6.45) is 9.89. The van der Waals surface area contributed by atoms with Crippen molar-refractivity contribution in [1.29, 1.82) is 0 Å². The first-order valence-corrected chi connectivity index (χ1v) is 10.6. The minimum Gasteiger partial charge on any atom is -0.397 e. The molecule has 4 aromatic heterocycles. The number of rotatable bonds is 3. The molecule has 0 spiro atoms. The van der Waals surface area contributed by atoms with Gasteiger partial charge in [-0.25, -0.2) is 24.9 Å². The first-order valence-electron chi connectivity index (χ1n) is 10.6. The van der Waals surface area contributed by atoms with Crippen molar-refractivity contribution in [3.05, 3.63) is 55.4 Å². The van der Waals surface area contributed by atoms with Gasteiger partial charge in [0.05, 0.1) is 17.5 Å². The molecule has 2 N–H and O–H groups in total. The molecule has 1 aromatic carbocycles. The molecule has 9 heteroatoms. The van der Waals surface area contributed by atoms with Crippen LogP contribution in [0.15, 0.2) is 55.4 Å². The van der Waals surface area contributed by atoms with E-state index in [0.717, 1.165) is 42.5 Å². The maximum atomic E-state index is 6.14. The molecule has 1 aliphatic rings. The number of ether oxygens (including phenoxy) is 1. The number of imidazole rings is 1. The molecule has 0 aliphatic carbocycles. The van der Waals surface area contributed by atoms with E-state index in [1.165, 1.54) is 0 Å². The highest BCUT2D eigenvalue weighted by Crippen LogP contribution is 2.33. The molecule has 32 heavy (non-hydrogen) atoms. The van der Waals surface area contributed by atoms with Crippen molar-refractivity contribution < 1.29 is 4.74 Å². The highest BCUT2D eigenvalue weighted by molar-refractivity contribution is 5.93. The van der Waals surface area contributed by atoms with Crippen molar-refractivity contribution in [2.45, 2.75) is 25.5 Å². The lowest BCUT2D eigenvalue weighted by Gasteiger charge is -2.23. The van der Waals surface area contributed by atoms with Gasteiger partial charge in [0.25, 0.3) is 0 Å². The van der Waals surface area contributed by atoms with Crippen molar-refractivity contribution in [2.24, 2.45) is 0 Å². The summed E-state index contributed by atoms with van der Waals surface area (Å²) >= 11 is 0. The smallest absolute Gasteiger partial charge is 0.179 e. The molecule has 5 heterocycles. The maximum Gasteiger partial charge on any atom is 0.179 e. The van der Waals surface area contributed by atoms with Gasteiger partial charge in [-0.3, -0.25) is 9.55 Å². The van der Waals surface area contributed by atoms with Gasteiger partial charge >= 0.3 is 0 Å². The Kier molecular flexibility index (Phi) is 4.46. The molecule has 0 saturated carbocycles. The second-order valence-corrected chi connectivity index (χ2v) is 7.75. The van der Waals surface area contributed by atoms with Crippen LogP contribution in [0.25, 0.3) is 44.8 Å². The Hall–Kier alpha value is -3.98. The Morgan fingerprint density at radius 1 is 0.938 bits per heavy atom. The normalized spacial score (nSPS) is 16.6. The Labute approximate surface area is 183 Å². The number of hydrogen-bond acceptors (Lipinski definition) is 8. The third-order valence-corrected chi connectivity index (χ3v) is 5.74. The van der Waals surface area contributed by atoms with Crippen LogP contribution in [0.1, 0.15) is 25.5 Å². The van der Waals surface area contributed by atoms with Crippen LogP contribution in [0.2, 0.25) is 0 Å². The van der Waals surface area contributed by atoms with Crippen molar-refractivity contribution in [3.63, 3.8) is 0 Å². The minimum atomic E-state index is -0.0586. The van der Waals surface area contributed by atoms with E-state index in [9.17, 15) is 0 Å². The molecule has 158 valence electrons. The third kappa shape index (κ3) is 3.05. The van der Waals surface area contributed by atoms with Gasteiger partial charge in [0.2, 0.25) is 0 Å². The molecule has 5 aromatic rings. The summed E-state index contributed by atoms with van der Waals surface area (Å²) < 4.78 is 7.93. The number of nitrogen functional groups attached to an aromatic ring is 1. The lowest BCUT2D eigenvalue weighted by atomic mass is 10.1. The Bertz CT molecular complexity index is 1440. The average Bonchev–Trinajstić information content (AvgIpc) is 3.29. The minimum absolute atomic E-state index is 0.0586. The number of aromatic nitrogens is 7. The molecule has 1 aliphatic heterocycles. The standard InChI is InChI=1S/C23H20N8O/c24-16-7-3-5-14-11-26-22(30-18(14)16)20-15(6-4-9-25-20)19-21-23(28-12-27-19)31(13-29-21)17-8-1-2-10-32-17/h3-7,9,11-13,17H,1-2,8,10,24H2. The number of hydrogen-bond donors (Lipinski definition) is 1. The third-order valence-electron chi connectivity index (χ3n) is 5.74. The first kappa shape index (κ1) is 18.8. The van der Waals surface area contributed by atoms with Crippen molar-refractivity contribution in [1.82, 2.24) is 34.5 Å². The van der Waals surface area contributed by atoms with Gasteiger partial charge in [-0.05, 0) is 37.5 Å². The van der Waals surface area contributed by atoms with Crippen LogP contribution < -0.4 is 5.73 Å². The van der Waals surface area contributed by atoms with Crippen LogP contribution in [0.3, 0.4) is 0 Å². The molecule has 9 nitrogen and oxygen atoms in total. The van der Waals surface area contributed by atoms with Crippen LogP contribution in [0.4, 0.5) is 5.69 Å². The lowest BCUT2D eigenvalue weighted by molar-refractivity contribution is -0.0298. The number of anilines is 1. The molecule has 0 radical (unpaired) electrons. The van der Waals surface area contributed by atoms with Gasteiger partial charge in [-0.1, -0.05) is 12.1 Å². The van der Waals surface area contributed by atoms with E-state index in [0.29, 0.717) is 33.9 Å². The second kappa shape index (κ2) is 7.61. The number of fused-ring (bicyclic) bond motifs is 2. The molecule has 1 saturated heterocycles. The van der Waals surface area contributed by atoms with Gasteiger partial charge in [-0.2, -0.15) is 0 Å². The van der Waals surface area contributed by atoms with Crippen LogP contribution in [0.5, 0.6) is 0 Å². The topological polar surface area (TPSA) is 118 Å². The summed E-state index contributed by atoms with van der Waals surface area (Å²) in [5.74, 6) is 0.479. The number of benzene rings is 1. The van der Waals surface area contributed by atoms with E-state index < -0.39 is 0 Å². The van der Waals surface area contributed by atoms with E-state index in [1.54, 1.807) is 25.0 Å². The highest BCUT2D eigenvalue weighted by Gasteiger charge is 2.22. The van der Waals surface area contributed by atoms with Gasteiger partial charge in [0, 0.05) is 30.0 Å². The number of nitrogens with two attached hydrogens (primary N) is 1. The summed E-state index contributed by atoms with van der Waals surface area (Å²) in [6, 6.07) is 9.46. The van der Waals surface area contributed by atoms with Gasteiger partial charge in [0.15, 0.2) is 11.5 Å². The summed E-state index contributed by atoms with van der Waals surface area (Å²) in [7, 11) is 0. The van der Waals surface area contributed by atoms with Gasteiger partial charge in [0.1, 0.15) is 29.5 Å². The Morgan fingerprint density at radius 2 is 1.91 bits per heavy atom. The summed E-state index contributed by atoms with van der Waals surface area (Å²) in [5.41, 5.74) is 10.9. The summed E-state index contributed by atoms with van der Waals surface area (Å²) in [5, 5.41) is 0.877. The number of nitrogens with zero attached hydrogens (tertiary/aromatic N) is 7. The lowest BCUT2D eigenvalue weighted by Crippen LogP contribution is -2.17. The van der Waals surface area contributed by atoms with E-state index >= 15 is 0 Å². The van der Waals surface area contributed by atoms with Crippen LogP contribution in [-0.4, -0.2) is 41.1 Å². The van der Waals surface area contributed by atoms with Crippen LogP contribution in [0, 0.1) is 0 Å². The Balaban J connectivity index is 1.51. The predicted molar refractivity (Wildman–Crippen MR) is 120 cm³/mol. The van der Waals surface area contributed by atoms with Crippen molar-refractivity contribution in [2.75, 3.05) is 12.3 Å². The number of para-hydroxylation sites is 1. The maximum absolute atomic E-state index is 6.14. The Morgan fingerprint density at radius 3 is 2.81 bits per heavy atom. The zero-order valence-corrected chi connectivity index (χ0v) is 17.2. The van der Waals surface area contributed by atoms with Crippen LogP contribution in [-0.2, 0) is 4.74 Å². The average molecular weight is 424 g/mol. The SMILES string of the molecule is Nc1cccc2cnc(-c3ncccc3-c3ncnc4c3ncn4C3CCCCO3)nc12. The quantitative estimate of drug-likeness (QED) is 0.435. The molecule has 0 amide bonds. The first-order chi connectivity index (χ1) is 15.8. The zero-order chi connectivity index (χ0) is 21.5. The molecule has 1 atom stereocenters. The fourth-order valence-electron chi connectivity index (χ4n) is 4.17. The molecule has 1 fully saturated rings. The second-order valence-electron chi connectivity index (χ2n) is 7.75. The molecule has 6 rings (SSSR count). The largest absolute Gasteiger partial charge is 0.397 e. The van der Waals surface area contributed by atoms with E-state index in [-0.39, 0.29) is 6.23 Å². The fraction of sp³-hybridized carbons (Fsp3) is 0.217. The van der Waals surface area contributed by atoms with E-state index in [1.807, 2.05) is 34.9 Å². The van der Waals surface area contributed by atoms with Gasteiger partial charge in [-0.15, -0.1) is 0 Å². The summed E-state index contributed by atoms with van der Waals surface area (Å²) in [6.45, 7) is 0.747. The predicted octanol–water partition coefficient (Wildman–Crippen LogP) is 3.78. The fourth-order valence-corrected chi connectivity index (χ4v) is 4.17. The molecular formula is C23H20N8O. The van der Waals surface area contributed by atoms with Crippen molar-refractivity contribution >= 4 is 27.8 Å². The highest BCUT2D eigenvalue weighted by atomic mass is 16.5. The molecule has 1 unspecified atom stereocenters. The van der Waals surface area contributed by atoms with Gasteiger partial charge < -0.3 is 10.5 Å². The van der Waals surface area contributed by atoms with Crippen LogP contribution >= 0.6 is 0 Å². The van der Waals surface area contributed by atoms with E-state index in [2.05, 4.69) is 24.9 Å². The van der Waals surface area contributed by atoms with E-state index in [4.69, 9.17) is 15.5 Å². The molecule has 0 bridgehead atoms. The van der Waals surface area contributed by atoms with Crippen molar-refractivity contribution in [3.8, 4) is 22.8 Å². The number of pyridine rings is 1. The summed E-state index contributed by atoms with van der Waals surface area (Å²) in [4.78, 5) is 27.5. The monoisotopic (exact) mass is 424 g/mol. The molecular weight excluding hydrogens is 404 g/mol.